The van der Waals surface area contributed by atoms with E-state index in [4.69, 9.17) is 4.74 Å². The molecule has 1 aliphatic heterocycles. The summed E-state index contributed by atoms with van der Waals surface area (Å²) < 4.78 is 19.2. The molecule has 1 N–H and O–H groups in total. The van der Waals surface area contributed by atoms with E-state index in [-0.39, 0.29) is 36.7 Å². The molecule has 1 aromatic heterocycles. The number of hydrogen-bond donors (Lipinski definition) is 1. The van der Waals surface area contributed by atoms with Crippen LogP contribution in [-0.2, 0) is 22.5 Å². The van der Waals surface area contributed by atoms with Crippen LogP contribution in [0.4, 0.5) is 10.1 Å². The van der Waals surface area contributed by atoms with Crippen molar-refractivity contribution in [2.75, 3.05) is 18.1 Å². The van der Waals surface area contributed by atoms with E-state index in [1.807, 2.05) is 35.7 Å². The van der Waals surface area contributed by atoms with Gasteiger partial charge in [-0.2, -0.15) is 0 Å². The van der Waals surface area contributed by atoms with E-state index in [1.54, 1.807) is 23.1 Å². The van der Waals surface area contributed by atoms with Gasteiger partial charge in [-0.15, -0.1) is 11.3 Å². The molecule has 2 aromatic carbocycles. The van der Waals surface area contributed by atoms with E-state index >= 15 is 0 Å². The summed E-state index contributed by atoms with van der Waals surface area (Å²) in [5.74, 6) is -0.541. The number of benzene rings is 2. The molecule has 0 bridgehead atoms. The Morgan fingerprint density at radius 1 is 1.09 bits per heavy atom. The fraction of sp³-hybridized carbons (Fsp3) is 0.280. The van der Waals surface area contributed by atoms with Gasteiger partial charge in [0.25, 0.3) is 5.91 Å². The van der Waals surface area contributed by atoms with Crippen molar-refractivity contribution >= 4 is 28.8 Å². The summed E-state index contributed by atoms with van der Waals surface area (Å²) >= 11 is 1.37. The van der Waals surface area contributed by atoms with Gasteiger partial charge in [0.2, 0.25) is 5.91 Å². The molecule has 0 radical (unpaired) electrons. The molecular weight excluding hydrogens is 427 g/mol. The average Bonchev–Trinajstić information content (AvgIpc) is 3.51. The summed E-state index contributed by atoms with van der Waals surface area (Å²) in [6.07, 6.45) is 2.39. The van der Waals surface area contributed by atoms with Gasteiger partial charge in [0.05, 0.1) is 23.9 Å². The van der Waals surface area contributed by atoms with Crippen molar-refractivity contribution in [3.05, 3.63) is 87.9 Å². The Kier molecular flexibility index (Phi) is 7.29. The van der Waals surface area contributed by atoms with Gasteiger partial charge >= 0.3 is 0 Å². The Balaban J connectivity index is 1.45. The molecule has 3 aromatic rings. The van der Waals surface area contributed by atoms with Crippen molar-refractivity contribution in [1.82, 2.24) is 5.32 Å². The predicted octanol–water partition coefficient (Wildman–Crippen LogP) is 4.57. The van der Waals surface area contributed by atoms with Crippen LogP contribution in [0.25, 0.3) is 0 Å². The summed E-state index contributed by atoms with van der Waals surface area (Å²) in [5.41, 5.74) is 2.25. The first-order valence-electron chi connectivity index (χ1n) is 10.7. The number of nitrogens with zero attached hydrogens (tertiary/aromatic N) is 1. The van der Waals surface area contributed by atoms with E-state index in [0.717, 1.165) is 25.0 Å². The van der Waals surface area contributed by atoms with Gasteiger partial charge in [-0.1, -0.05) is 30.3 Å². The summed E-state index contributed by atoms with van der Waals surface area (Å²) in [6.45, 7) is 1.54. The van der Waals surface area contributed by atoms with Gasteiger partial charge in [-0.05, 0) is 59.7 Å². The molecular formula is C25H25FN2O3S. The molecule has 1 aliphatic rings. The Morgan fingerprint density at radius 2 is 1.94 bits per heavy atom. The maximum absolute atomic E-state index is 13.7. The third-order valence-electron chi connectivity index (χ3n) is 5.37. The van der Waals surface area contributed by atoms with Crippen molar-refractivity contribution in [2.45, 2.75) is 31.9 Å². The number of halogens is 1. The third-order valence-corrected chi connectivity index (χ3v) is 6.23. The number of ether oxygens (including phenoxy) is 1. The summed E-state index contributed by atoms with van der Waals surface area (Å²) in [7, 11) is 0. The second-order valence-electron chi connectivity index (χ2n) is 7.78. The van der Waals surface area contributed by atoms with E-state index in [9.17, 15) is 14.0 Å². The van der Waals surface area contributed by atoms with Crippen LogP contribution in [0.2, 0.25) is 0 Å². The Morgan fingerprint density at radius 3 is 2.62 bits per heavy atom. The first kappa shape index (κ1) is 22.2. The molecule has 1 fully saturated rings. The predicted molar refractivity (Wildman–Crippen MR) is 123 cm³/mol. The topological polar surface area (TPSA) is 58.6 Å². The molecule has 7 heteroatoms. The Bertz CT molecular complexity index is 1050. The molecule has 5 nitrogen and oxygen atoms in total. The van der Waals surface area contributed by atoms with Crippen LogP contribution in [0.1, 0.15) is 33.6 Å². The lowest BCUT2D eigenvalue weighted by Crippen LogP contribution is -2.32. The first-order valence-corrected chi connectivity index (χ1v) is 11.5. The van der Waals surface area contributed by atoms with Crippen LogP contribution < -0.4 is 10.2 Å². The highest BCUT2D eigenvalue weighted by Gasteiger charge is 2.20. The van der Waals surface area contributed by atoms with Gasteiger partial charge in [-0.3, -0.25) is 9.59 Å². The van der Waals surface area contributed by atoms with Crippen LogP contribution in [-0.4, -0.2) is 31.1 Å². The number of anilines is 1. The molecule has 1 saturated heterocycles. The Labute approximate surface area is 190 Å². The smallest absolute Gasteiger partial charge is 0.268 e. The lowest BCUT2D eigenvalue weighted by atomic mass is 10.1. The van der Waals surface area contributed by atoms with Gasteiger partial charge in [0.1, 0.15) is 5.82 Å². The molecule has 2 amide bonds. The molecule has 4 rings (SSSR count). The van der Waals surface area contributed by atoms with Gasteiger partial charge in [0.15, 0.2) is 0 Å². The van der Waals surface area contributed by atoms with Crippen molar-refractivity contribution in [3.63, 3.8) is 0 Å². The zero-order valence-electron chi connectivity index (χ0n) is 17.6. The minimum atomic E-state index is -0.338. The highest BCUT2D eigenvalue weighted by Crippen LogP contribution is 2.23. The van der Waals surface area contributed by atoms with Crippen LogP contribution in [0, 0.1) is 5.82 Å². The lowest BCUT2D eigenvalue weighted by Gasteiger charge is -2.23. The number of carbonyl (C=O) groups excluding carboxylic acids is 2. The number of rotatable bonds is 8. The maximum Gasteiger partial charge on any atom is 0.268 e. The highest BCUT2D eigenvalue weighted by atomic mass is 32.1. The normalized spacial score (nSPS) is 15.5. The van der Waals surface area contributed by atoms with Crippen LogP contribution >= 0.6 is 11.3 Å². The summed E-state index contributed by atoms with van der Waals surface area (Å²) in [6, 6.07) is 17.2. The number of thiophene rings is 1. The van der Waals surface area contributed by atoms with Crippen molar-refractivity contribution in [2.24, 2.45) is 0 Å². The van der Waals surface area contributed by atoms with E-state index in [0.29, 0.717) is 22.7 Å². The standard InChI is InChI=1S/C25H25FN2O3S/c26-20-5-1-4-19(14-20)17-28(25(30)23-7-3-13-32-23)21-10-8-18(9-11-21)15-24(29)27-16-22-6-2-12-31-22/h1,3-5,7-11,13-14,22H,2,6,12,15-17H2,(H,27,29). The zero-order valence-corrected chi connectivity index (χ0v) is 18.4. The number of nitrogens with one attached hydrogen (secondary N) is 1. The number of hydrogen-bond acceptors (Lipinski definition) is 4. The molecule has 0 spiro atoms. The minimum absolute atomic E-state index is 0.0560. The average molecular weight is 453 g/mol. The van der Waals surface area contributed by atoms with Crippen molar-refractivity contribution in [3.8, 4) is 0 Å². The molecule has 0 aliphatic carbocycles. The fourth-order valence-corrected chi connectivity index (χ4v) is 4.38. The molecule has 1 atom stereocenters. The largest absolute Gasteiger partial charge is 0.376 e. The summed E-state index contributed by atoms with van der Waals surface area (Å²) in [4.78, 5) is 27.6. The number of carbonyl (C=O) groups is 2. The second-order valence-corrected chi connectivity index (χ2v) is 8.73. The SMILES string of the molecule is O=C(Cc1ccc(N(Cc2cccc(F)c2)C(=O)c2cccs2)cc1)NCC1CCCO1. The third kappa shape index (κ3) is 5.81. The van der Waals surface area contributed by atoms with Gasteiger partial charge in [-0.25, -0.2) is 4.39 Å². The maximum atomic E-state index is 13.7. The fourth-order valence-electron chi connectivity index (χ4n) is 3.71. The van der Waals surface area contributed by atoms with Gasteiger partial charge in [0, 0.05) is 18.8 Å². The highest BCUT2D eigenvalue weighted by molar-refractivity contribution is 7.12. The monoisotopic (exact) mass is 452 g/mol. The van der Waals surface area contributed by atoms with Gasteiger partial charge < -0.3 is 15.0 Å². The lowest BCUT2D eigenvalue weighted by molar-refractivity contribution is -0.120. The number of amides is 2. The van der Waals surface area contributed by atoms with Crippen molar-refractivity contribution in [1.29, 1.82) is 0 Å². The minimum Gasteiger partial charge on any atom is -0.376 e. The van der Waals surface area contributed by atoms with E-state index in [2.05, 4.69) is 5.32 Å². The van der Waals surface area contributed by atoms with Crippen molar-refractivity contribution < 1.29 is 18.7 Å². The Hall–Kier alpha value is -3.03. The molecule has 0 saturated carbocycles. The van der Waals surface area contributed by atoms with Crippen LogP contribution in [0.3, 0.4) is 0 Å². The van der Waals surface area contributed by atoms with Crippen LogP contribution in [0.15, 0.2) is 66.0 Å². The molecule has 2 heterocycles. The second kappa shape index (κ2) is 10.5. The van der Waals surface area contributed by atoms with Crippen LogP contribution in [0.5, 0.6) is 0 Å². The quantitative estimate of drug-likeness (QED) is 0.545. The molecule has 32 heavy (non-hydrogen) atoms. The van der Waals surface area contributed by atoms with E-state index < -0.39 is 0 Å². The van der Waals surface area contributed by atoms with E-state index in [1.165, 1.54) is 23.5 Å². The summed E-state index contributed by atoms with van der Waals surface area (Å²) in [5, 5.41) is 4.78. The molecule has 166 valence electrons. The molecule has 1 unspecified atom stereocenters. The first-order chi connectivity index (χ1) is 15.6. The zero-order chi connectivity index (χ0) is 22.3.